The summed E-state index contributed by atoms with van der Waals surface area (Å²) in [5.74, 6) is -1.30. The lowest BCUT2D eigenvalue weighted by Crippen LogP contribution is -2.40. The molecule has 2 amide bonds. The number of carbonyl (C=O) groups is 2. The molecule has 4 nitrogen and oxygen atoms in total. The van der Waals surface area contributed by atoms with Gasteiger partial charge in [0.1, 0.15) is 0 Å². The maximum Gasteiger partial charge on any atom is 0.309 e. The molecule has 0 bridgehead atoms. The van der Waals surface area contributed by atoms with Crippen LogP contribution in [0.3, 0.4) is 0 Å². The van der Waals surface area contributed by atoms with Crippen LogP contribution in [-0.2, 0) is 16.1 Å². The van der Waals surface area contributed by atoms with Crippen LogP contribution in [0.2, 0.25) is 5.02 Å². The van der Waals surface area contributed by atoms with E-state index >= 15 is 0 Å². The topological polar surface area (TPSA) is 58.2 Å². The summed E-state index contributed by atoms with van der Waals surface area (Å²) in [5, 5.41) is 5.88. The largest absolute Gasteiger partial charge is 0.344 e. The van der Waals surface area contributed by atoms with Gasteiger partial charge in [-0.2, -0.15) is 0 Å². The van der Waals surface area contributed by atoms with E-state index in [-0.39, 0.29) is 12.6 Å². The average molecular weight is 317 g/mol. The fourth-order valence-electron chi connectivity index (χ4n) is 1.95. The number of carbonyl (C=O) groups excluding carboxylic acids is 2. The molecule has 0 unspecified atom stereocenters. The summed E-state index contributed by atoms with van der Waals surface area (Å²) in [4.78, 5) is 23.7. The number of halogens is 1. The molecule has 22 heavy (non-hydrogen) atoms. The third kappa shape index (κ3) is 4.60. The highest BCUT2D eigenvalue weighted by atomic mass is 35.5. The van der Waals surface area contributed by atoms with Crippen molar-refractivity contribution in [2.75, 3.05) is 0 Å². The SMILES string of the molecule is C[C@H](NC(=O)C(=O)NCc1ccc(Cl)cc1)c1ccccc1. The van der Waals surface area contributed by atoms with Crippen LogP contribution in [0, 0.1) is 0 Å². The lowest BCUT2D eigenvalue weighted by atomic mass is 10.1. The van der Waals surface area contributed by atoms with Crippen molar-refractivity contribution < 1.29 is 9.59 Å². The Morgan fingerprint density at radius 1 is 1.00 bits per heavy atom. The minimum Gasteiger partial charge on any atom is -0.344 e. The molecular weight excluding hydrogens is 300 g/mol. The zero-order chi connectivity index (χ0) is 15.9. The maximum atomic E-state index is 11.9. The lowest BCUT2D eigenvalue weighted by Gasteiger charge is -2.14. The molecule has 2 N–H and O–H groups in total. The molecule has 2 aromatic rings. The Kier molecular flexibility index (Phi) is 5.55. The minimum absolute atomic E-state index is 0.227. The van der Waals surface area contributed by atoms with Crippen LogP contribution in [0.1, 0.15) is 24.1 Å². The first-order chi connectivity index (χ1) is 10.6. The van der Waals surface area contributed by atoms with Crippen molar-refractivity contribution in [3.05, 3.63) is 70.7 Å². The zero-order valence-electron chi connectivity index (χ0n) is 12.2. The number of rotatable bonds is 4. The average Bonchev–Trinajstić information content (AvgIpc) is 2.54. The van der Waals surface area contributed by atoms with Crippen molar-refractivity contribution in [3.63, 3.8) is 0 Å². The van der Waals surface area contributed by atoms with Gasteiger partial charge in [-0.3, -0.25) is 9.59 Å². The van der Waals surface area contributed by atoms with Crippen molar-refractivity contribution >= 4 is 23.4 Å². The van der Waals surface area contributed by atoms with E-state index in [1.807, 2.05) is 37.3 Å². The Bertz CT molecular complexity index is 641. The summed E-state index contributed by atoms with van der Waals surface area (Å²) in [5.41, 5.74) is 1.82. The van der Waals surface area contributed by atoms with E-state index < -0.39 is 11.8 Å². The molecule has 2 rings (SSSR count). The highest BCUT2D eigenvalue weighted by Crippen LogP contribution is 2.11. The van der Waals surface area contributed by atoms with E-state index in [0.717, 1.165) is 11.1 Å². The molecule has 0 aromatic heterocycles. The van der Waals surface area contributed by atoms with Crippen molar-refractivity contribution in [1.82, 2.24) is 10.6 Å². The summed E-state index contributed by atoms with van der Waals surface area (Å²) >= 11 is 5.79. The summed E-state index contributed by atoms with van der Waals surface area (Å²) < 4.78 is 0. The maximum absolute atomic E-state index is 11.9. The highest BCUT2D eigenvalue weighted by molar-refractivity contribution is 6.35. The molecule has 1 atom stereocenters. The lowest BCUT2D eigenvalue weighted by molar-refractivity contribution is -0.139. The first kappa shape index (κ1) is 16.0. The van der Waals surface area contributed by atoms with Crippen molar-refractivity contribution in [3.8, 4) is 0 Å². The molecule has 0 saturated heterocycles. The van der Waals surface area contributed by atoms with Gasteiger partial charge in [-0.15, -0.1) is 0 Å². The van der Waals surface area contributed by atoms with Gasteiger partial charge in [0.2, 0.25) is 0 Å². The minimum atomic E-state index is -0.655. The Morgan fingerprint density at radius 2 is 1.64 bits per heavy atom. The summed E-state index contributed by atoms with van der Waals surface area (Å²) in [6, 6.07) is 16.3. The van der Waals surface area contributed by atoms with E-state index in [9.17, 15) is 9.59 Å². The molecule has 0 aliphatic rings. The van der Waals surface area contributed by atoms with Crippen LogP contribution in [0.15, 0.2) is 54.6 Å². The van der Waals surface area contributed by atoms with Gasteiger partial charge in [0.15, 0.2) is 0 Å². The van der Waals surface area contributed by atoms with Gasteiger partial charge in [0.25, 0.3) is 0 Å². The third-order valence-electron chi connectivity index (χ3n) is 3.22. The second-order valence-electron chi connectivity index (χ2n) is 4.91. The van der Waals surface area contributed by atoms with E-state index in [0.29, 0.717) is 5.02 Å². The standard InChI is InChI=1S/C17H17ClN2O2/c1-12(14-5-3-2-4-6-14)20-17(22)16(21)19-11-13-7-9-15(18)10-8-13/h2-10,12H,11H2,1H3,(H,19,21)(H,20,22)/t12-/m0/s1. The van der Waals surface area contributed by atoms with E-state index in [2.05, 4.69) is 10.6 Å². The molecular formula is C17H17ClN2O2. The van der Waals surface area contributed by atoms with Crippen molar-refractivity contribution in [2.24, 2.45) is 0 Å². The Morgan fingerprint density at radius 3 is 2.27 bits per heavy atom. The summed E-state index contributed by atoms with van der Waals surface area (Å²) in [7, 11) is 0. The van der Waals surface area contributed by atoms with Crippen LogP contribution in [-0.4, -0.2) is 11.8 Å². The number of hydrogen-bond donors (Lipinski definition) is 2. The van der Waals surface area contributed by atoms with Crippen LogP contribution >= 0.6 is 11.6 Å². The molecule has 0 saturated carbocycles. The fraction of sp³-hybridized carbons (Fsp3) is 0.176. The number of nitrogens with one attached hydrogen (secondary N) is 2. The first-order valence-corrected chi connectivity index (χ1v) is 7.32. The van der Waals surface area contributed by atoms with Crippen LogP contribution < -0.4 is 10.6 Å². The monoisotopic (exact) mass is 316 g/mol. The van der Waals surface area contributed by atoms with Gasteiger partial charge in [0, 0.05) is 11.6 Å². The summed E-state index contributed by atoms with van der Waals surface area (Å²) in [6.45, 7) is 2.11. The number of amides is 2. The van der Waals surface area contributed by atoms with Gasteiger partial charge in [-0.25, -0.2) is 0 Å². The Labute approximate surface area is 134 Å². The molecule has 0 aliphatic heterocycles. The molecule has 0 spiro atoms. The second kappa shape index (κ2) is 7.61. The molecule has 0 heterocycles. The van der Waals surface area contributed by atoms with Crippen molar-refractivity contribution in [1.29, 1.82) is 0 Å². The smallest absolute Gasteiger partial charge is 0.309 e. The van der Waals surface area contributed by atoms with Gasteiger partial charge in [-0.1, -0.05) is 54.1 Å². The molecule has 0 radical (unpaired) electrons. The van der Waals surface area contributed by atoms with E-state index in [1.165, 1.54) is 0 Å². The van der Waals surface area contributed by atoms with Gasteiger partial charge in [0.05, 0.1) is 6.04 Å². The predicted octanol–water partition coefficient (Wildman–Crippen LogP) is 2.83. The van der Waals surface area contributed by atoms with E-state index in [4.69, 9.17) is 11.6 Å². The van der Waals surface area contributed by atoms with Crippen LogP contribution in [0.5, 0.6) is 0 Å². The molecule has 114 valence electrons. The highest BCUT2D eigenvalue weighted by Gasteiger charge is 2.16. The number of hydrogen-bond acceptors (Lipinski definition) is 2. The molecule has 0 aliphatic carbocycles. The van der Waals surface area contributed by atoms with Crippen LogP contribution in [0.4, 0.5) is 0 Å². The Hall–Kier alpha value is -2.33. The second-order valence-corrected chi connectivity index (χ2v) is 5.35. The summed E-state index contributed by atoms with van der Waals surface area (Å²) in [6.07, 6.45) is 0. The first-order valence-electron chi connectivity index (χ1n) is 6.94. The zero-order valence-corrected chi connectivity index (χ0v) is 12.9. The third-order valence-corrected chi connectivity index (χ3v) is 3.47. The molecule has 2 aromatic carbocycles. The van der Waals surface area contributed by atoms with Gasteiger partial charge in [-0.05, 0) is 30.2 Å². The fourth-order valence-corrected chi connectivity index (χ4v) is 2.08. The van der Waals surface area contributed by atoms with Gasteiger partial charge >= 0.3 is 11.8 Å². The van der Waals surface area contributed by atoms with Gasteiger partial charge < -0.3 is 10.6 Å². The molecule has 0 fully saturated rings. The van der Waals surface area contributed by atoms with Crippen molar-refractivity contribution in [2.45, 2.75) is 19.5 Å². The molecule has 5 heteroatoms. The quantitative estimate of drug-likeness (QED) is 0.852. The normalized spacial score (nSPS) is 11.5. The van der Waals surface area contributed by atoms with Crippen LogP contribution in [0.25, 0.3) is 0 Å². The van der Waals surface area contributed by atoms with E-state index in [1.54, 1.807) is 24.3 Å². The number of benzene rings is 2. The predicted molar refractivity (Wildman–Crippen MR) is 86.3 cm³/mol. The Balaban J connectivity index is 1.84.